The average molecular weight is 799 g/mol. The summed E-state index contributed by atoms with van der Waals surface area (Å²) in [7, 11) is 0. The van der Waals surface area contributed by atoms with E-state index in [1.165, 1.54) is 98.6 Å². The van der Waals surface area contributed by atoms with Crippen LogP contribution in [0.4, 0.5) is 17.1 Å². The molecular weight excluding hydrogens is 761 g/mol. The molecule has 2 heteroatoms. The summed E-state index contributed by atoms with van der Waals surface area (Å²) in [6, 6.07) is 86.0. The molecule has 0 aliphatic heterocycles. The second-order valence-corrected chi connectivity index (χ2v) is 17.1. The van der Waals surface area contributed by atoms with Gasteiger partial charge in [0.15, 0.2) is 0 Å². The Kier molecular flexibility index (Phi) is 7.07. The number of aromatic nitrogens is 1. The number of hydrogen-bond acceptors (Lipinski definition) is 1. The Hall–Kier alpha value is -8.20. The highest BCUT2D eigenvalue weighted by molar-refractivity contribution is 6.28. The van der Waals surface area contributed by atoms with E-state index in [0.29, 0.717) is 0 Å². The number of nitrogens with zero attached hydrogens (tertiary/aromatic N) is 2. The molecule has 1 heterocycles. The number of rotatable bonds is 4. The molecule has 1 aromatic heterocycles. The summed E-state index contributed by atoms with van der Waals surface area (Å²) in [6.07, 6.45) is 0. The first-order valence-corrected chi connectivity index (χ1v) is 21.9. The number of hydrogen-bond donors (Lipinski definition) is 0. The summed E-state index contributed by atoms with van der Waals surface area (Å²) in [6.45, 7) is 0. The number of para-hydroxylation sites is 2. The van der Waals surface area contributed by atoms with Gasteiger partial charge < -0.3 is 9.47 Å². The van der Waals surface area contributed by atoms with Crippen molar-refractivity contribution in [1.29, 1.82) is 0 Å². The molecule has 2 aliphatic carbocycles. The third-order valence-corrected chi connectivity index (χ3v) is 14.2. The standard InChI is InChI=1S/C61H38N2/c1-2-20-44-42(19-1)43-21-3-4-27-51(43)60-52(44)28-16-34-59(60)62(39-17-15-18-40(37-39)63-57-32-13-8-25-49(57)50-26-9-14-33-58(50)63)41-35-36-48-47-24-7-12-31-55(47)61(56(48)38-41)53-29-10-5-22-45(53)46-23-6-11-30-54(46)61/h1-38H. The van der Waals surface area contributed by atoms with Gasteiger partial charge in [0.05, 0.1) is 22.1 Å². The molecule has 1 spiro atoms. The Morgan fingerprint density at radius 2 is 0.730 bits per heavy atom. The Balaban J connectivity index is 1.09. The topological polar surface area (TPSA) is 8.17 Å². The predicted molar refractivity (Wildman–Crippen MR) is 264 cm³/mol. The fourth-order valence-electron chi connectivity index (χ4n) is 11.7. The van der Waals surface area contributed by atoms with Crippen LogP contribution in [0.2, 0.25) is 0 Å². The van der Waals surface area contributed by atoms with Crippen molar-refractivity contribution < 1.29 is 0 Å². The van der Waals surface area contributed by atoms with E-state index in [1.54, 1.807) is 0 Å². The van der Waals surface area contributed by atoms with E-state index in [1.807, 2.05) is 0 Å². The SMILES string of the molecule is c1cc(N(c2ccc3c(c2)C2(c4ccccc4-c4ccccc42)c2ccccc2-3)c2cccc3c4ccccc4c4ccccc4c23)cc(-n2c3ccccc3c3ccccc32)c1. The Labute approximate surface area is 365 Å². The molecule has 2 nitrogen and oxygen atoms in total. The minimum Gasteiger partial charge on any atom is -0.310 e. The fourth-order valence-corrected chi connectivity index (χ4v) is 11.7. The van der Waals surface area contributed by atoms with Crippen LogP contribution >= 0.6 is 0 Å². The van der Waals surface area contributed by atoms with E-state index >= 15 is 0 Å². The van der Waals surface area contributed by atoms with Crippen molar-refractivity contribution in [3.63, 3.8) is 0 Å². The van der Waals surface area contributed by atoms with Gasteiger partial charge in [-0.25, -0.2) is 0 Å². The van der Waals surface area contributed by atoms with Crippen molar-refractivity contribution in [3.8, 4) is 27.9 Å². The maximum Gasteiger partial charge on any atom is 0.0726 e. The van der Waals surface area contributed by atoms with Gasteiger partial charge in [0, 0.05) is 33.2 Å². The minimum absolute atomic E-state index is 0.465. The van der Waals surface area contributed by atoms with Gasteiger partial charge in [-0.1, -0.05) is 182 Å². The summed E-state index contributed by atoms with van der Waals surface area (Å²) in [4.78, 5) is 2.53. The van der Waals surface area contributed by atoms with Crippen LogP contribution in [0.3, 0.4) is 0 Å². The summed E-state index contributed by atoms with van der Waals surface area (Å²) < 4.78 is 2.43. The first kappa shape index (κ1) is 34.5. The molecule has 12 aromatic rings. The molecule has 0 saturated heterocycles. The largest absolute Gasteiger partial charge is 0.310 e. The van der Waals surface area contributed by atoms with E-state index in [9.17, 15) is 0 Å². The molecule has 63 heavy (non-hydrogen) atoms. The third kappa shape index (κ3) is 4.57. The molecular formula is C61H38N2. The molecule has 14 rings (SSSR count). The molecule has 0 radical (unpaired) electrons. The monoisotopic (exact) mass is 798 g/mol. The highest BCUT2D eigenvalue weighted by atomic mass is 15.1. The summed E-state index contributed by atoms with van der Waals surface area (Å²) in [5.74, 6) is 0. The van der Waals surface area contributed by atoms with Gasteiger partial charge in [-0.05, 0) is 120 Å². The van der Waals surface area contributed by atoms with E-state index in [-0.39, 0.29) is 0 Å². The highest BCUT2D eigenvalue weighted by Gasteiger charge is 2.51. The molecule has 0 bridgehead atoms. The fraction of sp³-hybridized carbons (Fsp3) is 0.0164. The van der Waals surface area contributed by atoms with Crippen LogP contribution in [0.1, 0.15) is 22.3 Å². The van der Waals surface area contributed by atoms with Crippen molar-refractivity contribution in [2.24, 2.45) is 0 Å². The molecule has 0 saturated carbocycles. The minimum atomic E-state index is -0.465. The first-order valence-electron chi connectivity index (χ1n) is 21.9. The van der Waals surface area contributed by atoms with E-state index in [0.717, 1.165) is 22.7 Å². The quantitative estimate of drug-likeness (QED) is 0.161. The Morgan fingerprint density at radius 3 is 1.32 bits per heavy atom. The number of anilines is 3. The zero-order valence-electron chi connectivity index (χ0n) is 34.3. The van der Waals surface area contributed by atoms with Crippen LogP contribution in [0.5, 0.6) is 0 Å². The van der Waals surface area contributed by atoms with Crippen LogP contribution in [-0.2, 0) is 5.41 Å². The maximum absolute atomic E-state index is 2.53. The number of benzene rings is 11. The van der Waals surface area contributed by atoms with Crippen LogP contribution in [0.15, 0.2) is 231 Å². The van der Waals surface area contributed by atoms with Gasteiger partial charge in [0.1, 0.15) is 0 Å². The van der Waals surface area contributed by atoms with Crippen LogP contribution in [0.25, 0.3) is 82.1 Å². The van der Waals surface area contributed by atoms with Gasteiger partial charge in [0.2, 0.25) is 0 Å². The Morgan fingerprint density at radius 1 is 0.302 bits per heavy atom. The third-order valence-electron chi connectivity index (χ3n) is 14.2. The zero-order valence-corrected chi connectivity index (χ0v) is 34.3. The summed E-state index contributed by atoms with van der Waals surface area (Å²) in [5, 5.41) is 10.0. The highest BCUT2D eigenvalue weighted by Crippen LogP contribution is 2.63. The lowest BCUT2D eigenvalue weighted by atomic mass is 9.70. The summed E-state index contributed by atoms with van der Waals surface area (Å²) in [5.41, 5.74) is 17.0. The Bertz CT molecular complexity index is 3730. The van der Waals surface area contributed by atoms with Crippen molar-refractivity contribution >= 4 is 71.2 Å². The first-order chi connectivity index (χ1) is 31.3. The van der Waals surface area contributed by atoms with Gasteiger partial charge in [-0.15, -0.1) is 0 Å². The van der Waals surface area contributed by atoms with Gasteiger partial charge in [0.25, 0.3) is 0 Å². The molecule has 11 aromatic carbocycles. The molecule has 2 aliphatic rings. The molecule has 0 amide bonds. The molecule has 0 atom stereocenters. The van der Waals surface area contributed by atoms with Gasteiger partial charge in [-0.3, -0.25) is 0 Å². The van der Waals surface area contributed by atoms with Crippen molar-refractivity contribution in [1.82, 2.24) is 4.57 Å². The maximum atomic E-state index is 2.53. The lowest BCUT2D eigenvalue weighted by Gasteiger charge is -2.32. The normalized spacial score (nSPS) is 13.2. The molecule has 0 fully saturated rings. The molecule has 0 unspecified atom stereocenters. The lowest BCUT2D eigenvalue weighted by Crippen LogP contribution is -2.26. The van der Waals surface area contributed by atoms with Gasteiger partial charge in [-0.2, -0.15) is 0 Å². The number of fused-ring (bicyclic) bond motifs is 19. The van der Waals surface area contributed by atoms with Crippen molar-refractivity contribution in [3.05, 3.63) is 253 Å². The van der Waals surface area contributed by atoms with Crippen molar-refractivity contribution in [2.45, 2.75) is 5.41 Å². The summed E-state index contributed by atoms with van der Waals surface area (Å²) >= 11 is 0. The van der Waals surface area contributed by atoms with E-state index < -0.39 is 5.41 Å². The second kappa shape index (κ2) is 12.9. The van der Waals surface area contributed by atoms with Crippen LogP contribution in [0, 0.1) is 0 Å². The van der Waals surface area contributed by atoms with E-state index in [2.05, 4.69) is 240 Å². The van der Waals surface area contributed by atoms with Crippen LogP contribution < -0.4 is 4.90 Å². The van der Waals surface area contributed by atoms with E-state index in [4.69, 9.17) is 0 Å². The lowest BCUT2D eigenvalue weighted by molar-refractivity contribution is 0.793. The van der Waals surface area contributed by atoms with Crippen LogP contribution in [-0.4, -0.2) is 4.57 Å². The zero-order chi connectivity index (χ0) is 41.2. The predicted octanol–water partition coefficient (Wildman–Crippen LogP) is 16.1. The average Bonchev–Trinajstić information content (AvgIpc) is 3.96. The smallest absolute Gasteiger partial charge is 0.0726 e. The molecule has 0 N–H and O–H groups in total. The molecule has 292 valence electrons. The second-order valence-electron chi connectivity index (χ2n) is 17.1. The van der Waals surface area contributed by atoms with Crippen molar-refractivity contribution in [2.75, 3.05) is 4.90 Å². The van der Waals surface area contributed by atoms with Gasteiger partial charge >= 0.3 is 0 Å².